The van der Waals surface area contributed by atoms with Crippen LogP contribution in [0.25, 0.3) is 0 Å². The van der Waals surface area contributed by atoms with Crippen LogP contribution < -0.4 is 5.32 Å². The van der Waals surface area contributed by atoms with E-state index in [2.05, 4.69) is 20.2 Å². The first-order chi connectivity index (χ1) is 10.3. The Morgan fingerprint density at radius 1 is 1.45 bits per heavy atom. The van der Waals surface area contributed by atoms with E-state index in [4.69, 9.17) is 16.3 Å². The summed E-state index contributed by atoms with van der Waals surface area (Å²) in [5, 5.41) is 3.29. The van der Waals surface area contributed by atoms with Crippen LogP contribution >= 0.6 is 11.6 Å². The molecule has 2 heterocycles. The van der Waals surface area contributed by atoms with E-state index in [0.717, 1.165) is 25.2 Å². The molecule has 1 atom stereocenters. The molecule has 1 aromatic rings. The summed E-state index contributed by atoms with van der Waals surface area (Å²) in [6.45, 7) is 8.75. The molecule has 1 fully saturated rings. The number of likely N-dealkylation sites (tertiary alicyclic amines) is 1. The topological polar surface area (TPSA) is 67.3 Å². The molecule has 1 saturated heterocycles. The highest BCUT2D eigenvalue weighted by molar-refractivity contribution is 6.29. The maximum atomic E-state index is 11.6. The molecule has 0 saturated carbocycles. The average molecular weight is 327 g/mol. The molecule has 1 aliphatic rings. The molecule has 1 aliphatic heterocycles. The molecule has 0 radical (unpaired) electrons. The number of hydrogen-bond acceptors (Lipinski definition) is 5. The highest BCUT2D eigenvalue weighted by Gasteiger charge is 2.24. The van der Waals surface area contributed by atoms with Gasteiger partial charge in [0.15, 0.2) is 5.15 Å². The number of alkyl carbamates (subject to hydrolysis) is 1. The van der Waals surface area contributed by atoms with Crippen LogP contribution in [-0.2, 0) is 11.3 Å². The Balaban J connectivity index is 1.74. The van der Waals surface area contributed by atoms with Crippen molar-refractivity contribution in [2.45, 2.75) is 39.3 Å². The lowest BCUT2D eigenvalue weighted by atomic mass is 10.1. The number of amides is 1. The van der Waals surface area contributed by atoms with Crippen molar-refractivity contribution < 1.29 is 9.53 Å². The highest BCUT2D eigenvalue weighted by Crippen LogP contribution is 2.19. The molecule has 6 nitrogen and oxygen atoms in total. The minimum atomic E-state index is -0.464. The van der Waals surface area contributed by atoms with Crippen LogP contribution in [0.2, 0.25) is 5.15 Å². The van der Waals surface area contributed by atoms with Crippen molar-refractivity contribution in [3.8, 4) is 0 Å². The summed E-state index contributed by atoms with van der Waals surface area (Å²) in [6, 6.07) is 0. The summed E-state index contributed by atoms with van der Waals surface area (Å²) in [5.41, 5.74) is 0.332. The van der Waals surface area contributed by atoms with Crippen LogP contribution in [0.4, 0.5) is 4.79 Å². The Morgan fingerprint density at radius 2 is 2.18 bits per heavy atom. The zero-order chi connectivity index (χ0) is 16.2. The fourth-order valence-corrected chi connectivity index (χ4v) is 2.60. The second kappa shape index (κ2) is 7.24. The fourth-order valence-electron chi connectivity index (χ4n) is 2.43. The smallest absolute Gasteiger partial charge is 0.407 e. The van der Waals surface area contributed by atoms with Crippen molar-refractivity contribution in [1.82, 2.24) is 20.2 Å². The van der Waals surface area contributed by atoms with Crippen molar-refractivity contribution in [3.05, 3.63) is 23.2 Å². The van der Waals surface area contributed by atoms with Gasteiger partial charge in [-0.2, -0.15) is 0 Å². The minimum absolute atomic E-state index is 0.358. The van der Waals surface area contributed by atoms with E-state index >= 15 is 0 Å². The van der Waals surface area contributed by atoms with E-state index in [1.165, 1.54) is 0 Å². The number of ether oxygens (including phenoxy) is 1. The first-order valence-corrected chi connectivity index (χ1v) is 7.86. The maximum absolute atomic E-state index is 11.6. The van der Waals surface area contributed by atoms with Gasteiger partial charge in [0, 0.05) is 32.0 Å². The Kier molecular flexibility index (Phi) is 5.58. The van der Waals surface area contributed by atoms with E-state index in [9.17, 15) is 4.79 Å². The minimum Gasteiger partial charge on any atom is -0.444 e. The first-order valence-electron chi connectivity index (χ1n) is 7.48. The van der Waals surface area contributed by atoms with Gasteiger partial charge in [0.1, 0.15) is 5.60 Å². The summed E-state index contributed by atoms with van der Waals surface area (Å²) in [7, 11) is 0. The number of halogens is 1. The molecule has 122 valence electrons. The lowest BCUT2D eigenvalue weighted by Crippen LogP contribution is -2.36. The van der Waals surface area contributed by atoms with Crippen LogP contribution in [0, 0.1) is 5.92 Å². The van der Waals surface area contributed by atoms with Gasteiger partial charge >= 0.3 is 6.09 Å². The molecule has 0 aromatic carbocycles. The van der Waals surface area contributed by atoms with E-state index in [0.29, 0.717) is 24.2 Å². The third-order valence-corrected chi connectivity index (χ3v) is 3.72. The normalized spacial score (nSPS) is 19.2. The number of rotatable bonds is 4. The van der Waals surface area contributed by atoms with Gasteiger partial charge in [-0.05, 0) is 39.7 Å². The molecule has 7 heteroatoms. The first kappa shape index (κ1) is 17.0. The summed E-state index contributed by atoms with van der Waals surface area (Å²) < 4.78 is 5.24. The Hall–Kier alpha value is -1.40. The maximum Gasteiger partial charge on any atom is 0.407 e. The van der Waals surface area contributed by atoms with Gasteiger partial charge < -0.3 is 10.1 Å². The van der Waals surface area contributed by atoms with Gasteiger partial charge in [0.25, 0.3) is 0 Å². The summed E-state index contributed by atoms with van der Waals surface area (Å²) >= 11 is 6.03. The van der Waals surface area contributed by atoms with E-state index < -0.39 is 5.60 Å². The van der Waals surface area contributed by atoms with Gasteiger partial charge in [0.2, 0.25) is 0 Å². The van der Waals surface area contributed by atoms with Gasteiger partial charge in [0.05, 0.1) is 5.69 Å². The molecule has 1 amide bonds. The van der Waals surface area contributed by atoms with Crippen molar-refractivity contribution in [3.63, 3.8) is 0 Å². The Labute approximate surface area is 136 Å². The molecule has 0 unspecified atom stereocenters. The van der Waals surface area contributed by atoms with Crippen molar-refractivity contribution in [2.75, 3.05) is 19.6 Å². The van der Waals surface area contributed by atoms with Crippen LogP contribution in [0.15, 0.2) is 12.4 Å². The largest absolute Gasteiger partial charge is 0.444 e. The predicted octanol–water partition coefficient (Wildman–Crippen LogP) is 2.48. The molecule has 1 N–H and O–H groups in total. The third-order valence-electron chi connectivity index (χ3n) is 3.40. The molecule has 2 rings (SSSR count). The van der Waals surface area contributed by atoms with Crippen LogP contribution in [0.1, 0.15) is 32.9 Å². The molecule has 1 aromatic heterocycles. The quantitative estimate of drug-likeness (QED) is 0.920. The number of nitrogens with one attached hydrogen (secondary N) is 1. The van der Waals surface area contributed by atoms with Crippen LogP contribution in [-0.4, -0.2) is 46.2 Å². The van der Waals surface area contributed by atoms with Crippen LogP contribution in [0.3, 0.4) is 0 Å². The second-order valence-corrected chi connectivity index (χ2v) is 6.92. The van der Waals surface area contributed by atoms with Gasteiger partial charge in [-0.1, -0.05) is 11.6 Å². The van der Waals surface area contributed by atoms with E-state index in [-0.39, 0.29) is 6.09 Å². The van der Waals surface area contributed by atoms with Gasteiger partial charge in [-0.15, -0.1) is 0 Å². The standard InChI is InChI=1S/C15H23ClN4O2/c1-15(2,3)22-14(21)19-8-11-4-7-20(9-11)10-12-13(16)18-6-5-17-12/h5-6,11H,4,7-10H2,1-3H3,(H,19,21)/t11-/m0/s1. The Bertz CT molecular complexity index is 519. The molecule has 0 aliphatic carbocycles. The Morgan fingerprint density at radius 3 is 2.86 bits per heavy atom. The molecular weight excluding hydrogens is 304 g/mol. The molecule has 0 bridgehead atoms. The van der Waals surface area contributed by atoms with Crippen LogP contribution in [0.5, 0.6) is 0 Å². The van der Waals surface area contributed by atoms with Gasteiger partial charge in [-0.25, -0.2) is 9.78 Å². The molecule has 0 spiro atoms. The molecular formula is C15H23ClN4O2. The summed E-state index contributed by atoms with van der Waals surface area (Å²) in [6.07, 6.45) is 3.92. The second-order valence-electron chi connectivity index (χ2n) is 6.57. The lowest BCUT2D eigenvalue weighted by molar-refractivity contribution is 0.0519. The predicted molar refractivity (Wildman–Crippen MR) is 84.7 cm³/mol. The number of carbonyl (C=O) groups is 1. The summed E-state index contributed by atoms with van der Waals surface area (Å²) in [4.78, 5) is 22.2. The highest BCUT2D eigenvalue weighted by atomic mass is 35.5. The third kappa shape index (κ3) is 5.42. The average Bonchev–Trinajstić information content (AvgIpc) is 2.85. The van der Waals surface area contributed by atoms with E-state index in [1.807, 2.05) is 20.8 Å². The van der Waals surface area contributed by atoms with Gasteiger partial charge in [-0.3, -0.25) is 9.88 Å². The lowest BCUT2D eigenvalue weighted by Gasteiger charge is -2.21. The number of hydrogen-bond donors (Lipinski definition) is 1. The zero-order valence-electron chi connectivity index (χ0n) is 13.3. The SMILES string of the molecule is CC(C)(C)OC(=O)NC[C@@H]1CCN(Cc2nccnc2Cl)C1. The summed E-state index contributed by atoms with van der Waals surface area (Å²) in [5.74, 6) is 0.419. The molecule has 22 heavy (non-hydrogen) atoms. The number of aromatic nitrogens is 2. The van der Waals surface area contributed by atoms with Crippen molar-refractivity contribution >= 4 is 17.7 Å². The monoisotopic (exact) mass is 326 g/mol. The zero-order valence-corrected chi connectivity index (χ0v) is 14.1. The number of carbonyl (C=O) groups excluding carboxylic acids is 1. The number of nitrogens with zero attached hydrogens (tertiary/aromatic N) is 3. The van der Waals surface area contributed by atoms with Crippen molar-refractivity contribution in [1.29, 1.82) is 0 Å². The fraction of sp³-hybridized carbons (Fsp3) is 0.667. The van der Waals surface area contributed by atoms with E-state index in [1.54, 1.807) is 12.4 Å². The van der Waals surface area contributed by atoms with Crippen molar-refractivity contribution in [2.24, 2.45) is 5.92 Å².